The van der Waals surface area contributed by atoms with Gasteiger partial charge in [-0.1, -0.05) is 6.07 Å². The molecule has 3 rings (SSSR count). The molecule has 0 bridgehead atoms. The van der Waals surface area contributed by atoms with Gasteiger partial charge in [0.15, 0.2) is 9.84 Å². The predicted octanol–water partition coefficient (Wildman–Crippen LogP) is 6.09. The van der Waals surface area contributed by atoms with Gasteiger partial charge in [-0.3, -0.25) is 0 Å². The Hall–Kier alpha value is -1.77. The lowest BCUT2D eigenvalue weighted by Gasteiger charge is -2.19. The van der Waals surface area contributed by atoms with Crippen LogP contribution in [-0.4, -0.2) is 27.0 Å². The predicted molar refractivity (Wildman–Crippen MR) is 93.2 cm³/mol. The molecule has 0 unspecified atom stereocenters. The maximum absolute atomic E-state index is 13.4. The minimum absolute atomic E-state index is 0.0384. The van der Waals surface area contributed by atoms with Crippen molar-refractivity contribution >= 4 is 21.0 Å². The molecule has 9 heteroatoms. The van der Waals surface area contributed by atoms with Crippen molar-refractivity contribution in [3.05, 3.63) is 40.5 Å². The fraction of sp³-hybridized carbons (Fsp3) is 0.474. The third-order valence-electron chi connectivity index (χ3n) is 5.19. The highest BCUT2D eigenvalue weighted by Gasteiger charge is 2.41. The van der Waals surface area contributed by atoms with Gasteiger partial charge in [-0.05, 0) is 72.9 Å². The van der Waals surface area contributed by atoms with Crippen molar-refractivity contribution in [1.82, 2.24) is 0 Å². The van der Waals surface area contributed by atoms with E-state index >= 15 is 0 Å². The van der Waals surface area contributed by atoms with Gasteiger partial charge in [0.05, 0.1) is 4.90 Å². The second-order valence-corrected chi connectivity index (χ2v) is 9.11. The Bertz CT molecular complexity index is 965. The van der Waals surface area contributed by atoms with Gasteiger partial charge in [0.1, 0.15) is 0 Å². The molecule has 2 nitrogen and oxygen atoms in total. The zero-order chi connectivity index (χ0) is 20.9. The Morgan fingerprint density at radius 1 is 0.750 bits per heavy atom. The van der Waals surface area contributed by atoms with Crippen molar-refractivity contribution in [1.29, 1.82) is 0 Å². The average Bonchev–Trinajstić information content (AvgIpc) is 3.21. The molecule has 0 heterocycles. The van der Waals surface area contributed by atoms with Crippen LogP contribution in [0.1, 0.15) is 49.7 Å². The summed E-state index contributed by atoms with van der Waals surface area (Å²) in [5.74, 6) is 0. The molecule has 0 radical (unpaired) electrons. The molecular weight excluding hydrogens is 406 g/mol. The van der Waals surface area contributed by atoms with Crippen LogP contribution in [0.25, 0.3) is 11.1 Å². The SMILES string of the molecule is CS(=O)(=O)c1ccc(C2=C(C(F)(F)F)CCC2)c(C2=C(C(F)(F)F)CCC2)c1. The molecule has 0 saturated heterocycles. The van der Waals surface area contributed by atoms with Crippen LogP contribution in [-0.2, 0) is 9.84 Å². The standard InChI is InChI=1S/C19H18F6O2S/c1-28(26,27)11-8-9-12(13-4-2-6-16(13)18(20,21)22)15(10-11)14-5-3-7-17(14)19(23,24)25/h8-10H,2-7H2,1H3. The Labute approximate surface area is 158 Å². The van der Waals surface area contributed by atoms with E-state index in [1.807, 2.05) is 0 Å². The van der Waals surface area contributed by atoms with Crippen LogP contribution in [0, 0.1) is 0 Å². The number of allylic oxidation sites excluding steroid dienone is 4. The quantitative estimate of drug-likeness (QED) is 0.551. The highest BCUT2D eigenvalue weighted by Crippen LogP contribution is 2.48. The molecule has 0 N–H and O–H groups in total. The van der Waals surface area contributed by atoms with E-state index in [1.165, 1.54) is 6.07 Å². The zero-order valence-corrected chi connectivity index (χ0v) is 15.8. The molecule has 2 aliphatic carbocycles. The van der Waals surface area contributed by atoms with Crippen LogP contribution in [0.15, 0.2) is 34.2 Å². The minimum Gasteiger partial charge on any atom is -0.224 e. The largest absolute Gasteiger partial charge is 0.412 e. The molecule has 154 valence electrons. The van der Waals surface area contributed by atoms with E-state index in [0.29, 0.717) is 0 Å². The van der Waals surface area contributed by atoms with Crippen molar-refractivity contribution in [3.8, 4) is 0 Å². The topological polar surface area (TPSA) is 34.1 Å². The van der Waals surface area contributed by atoms with E-state index < -0.39 is 33.3 Å². The molecular formula is C19H18F6O2S. The fourth-order valence-corrected chi connectivity index (χ4v) is 4.62. The summed E-state index contributed by atoms with van der Waals surface area (Å²) in [5, 5.41) is 0. The first-order valence-corrected chi connectivity index (χ1v) is 10.6. The monoisotopic (exact) mass is 424 g/mol. The number of rotatable bonds is 3. The van der Waals surface area contributed by atoms with Crippen LogP contribution in [0.3, 0.4) is 0 Å². The van der Waals surface area contributed by atoms with Crippen molar-refractivity contribution < 1.29 is 34.8 Å². The maximum Gasteiger partial charge on any atom is 0.412 e. The first-order chi connectivity index (χ1) is 12.8. The molecule has 0 aliphatic heterocycles. The summed E-state index contributed by atoms with van der Waals surface area (Å²) >= 11 is 0. The summed E-state index contributed by atoms with van der Waals surface area (Å²) in [4.78, 5) is -0.209. The molecule has 0 spiro atoms. The second kappa shape index (κ2) is 6.93. The summed E-state index contributed by atoms with van der Waals surface area (Å²) < 4.78 is 104. The van der Waals surface area contributed by atoms with Gasteiger partial charge >= 0.3 is 12.4 Å². The lowest BCUT2D eigenvalue weighted by atomic mass is 9.90. The first kappa shape index (κ1) is 21.0. The lowest BCUT2D eigenvalue weighted by Crippen LogP contribution is -2.13. The van der Waals surface area contributed by atoms with Crippen molar-refractivity contribution in [3.63, 3.8) is 0 Å². The molecule has 1 aromatic rings. The number of hydrogen-bond acceptors (Lipinski definition) is 2. The van der Waals surface area contributed by atoms with Crippen LogP contribution < -0.4 is 0 Å². The van der Waals surface area contributed by atoms with Crippen molar-refractivity contribution in [2.75, 3.05) is 6.26 Å². The molecule has 0 fully saturated rings. The summed E-state index contributed by atoms with van der Waals surface area (Å²) in [7, 11) is -3.73. The summed E-state index contributed by atoms with van der Waals surface area (Å²) in [6.45, 7) is 0. The Kier molecular flexibility index (Phi) is 5.19. The number of sulfone groups is 1. The van der Waals surface area contributed by atoms with Crippen molar-refractivity contribution in [2.24, 2.45) is 0 Å². The molecule has 1 aromatic carbocycles. The van der Waals surface area contributed by atoms with Crippen LogP contribution in [0.2, 0.25) is 0 Å². The molecule has 0 amide bonds. The van der Waals surface area contributed by atoms with Crippen LogP contribution >= 0.6 is 0 Å². The minimum atomic E-state index is -4.61. The normalized spacial score (nSPS) is 19.1. The maximum atomic E-state index is 13.4. The van der Waals surface area contributed by atoms with Gasteiger partial charge in [0.25, 0.3) is 0 Å². The van der Waals surface area contributed by atoms with Crippen LogP contribution in [0.5, 0.6) is 0 Å². The number of hydrogen-bond donors (Lipinski definition) is 0. The third kappa shape index (κ3) is 3.99. The molecule has 2 aliphatic rings. The van der Waals surface area contributed by atoms with Gasteiger partial charge < -0.3 is 0 Å². The van der Waals surface area contributed by atoms with Crippen molar-refractivity contribution in [2.45, 2.75) is 55.8 Å². The van der Waals surface area contributed by atoms with E-state index in [4.69, 9.17) is 0 Å². The first-order valence-electron chi connectivity index (χ1n) is 8.73. The molecule has 0 aromatic heterocycles. The number of halogens is 6. The van der Waals surface area contributed by atoms with Gasteiger partial charge in [0, 0.05) is 17.4 Å². The summed E-state index contributed by atoms with van der Waals surface area (Å²) in [5.41, 5.74) is -1.67. The van der Waals surface area contributed by atoms with E-state index in [2.05, 4.69) is 0 Å². The van der Waals surface area contributed by atoms with Gasteiger partial charge in [-0.2, -0.15) is 26.3 Å². The van der Waals surface area contributed by atoms with E-state index in [1.54, 1.807) is 0 Å². The fourth-order valence-electron chi connectivity index (χ4n) is 3.97. The summed E-state index contributed by atoms with van der Waals surface area (Å²) in [6, 6.07) is 3.48. The smallest absolute Gasteiger partial charge is 0.224 e. The van der Waals surface area contributed by atoms with Gasteiger partial charge in [-0.25, -0.2) is 8.42 Å². The zero-order valence-electron chi connectivity index (χ0n) is 15.0. The molecule has 28 heavy (non-hydrogen) atoms. The van der Waals surface area contributed by atoms with E-state index in [9.17, 15) is 34.8 Å². The number of alkyl halides is 6. The van der Waals surface area contributed by atoms with Gasteiger partial charge in [-0.15, -0.1) is 0 Å². The Morgan fingerprint density at radius 2 is 1.21 bits per heavy atom. The lowest BCUT2D eigenvalue weighted by molar-refractivity contribution is -0.0935. The Balaban J connectivity index is 2.31. The molecule has 0 saturated carbocycles. The highest BCUT2D eigenvalue weighted by molar-refractivity contribution is 7.90. The average molecular weight is 424 g/mol. The van der Waals surface area contributed by atoms with Crippen LogP contribution in [0.4, 0.5) is 26.3 Å². The Morgan fingerprint density at radius 3 is 1.64 bits per heavy atom. The summed E-state index contributed by atoms with van der Waals surface area (Å²) in [6.07, 6.45) is -8.09. The van der Waals surface area contributed by atoms with Gasteiger partial charge in [0.2, 0.25) is 0 Å². The second-order valence-electron chi connectivity index (χ2n) is 7.10. The van der Waals surface area contributed by atoms with E-state index in [0.717, 1.165) is 18.4 Å². The third-order valence-corrected chi connectivity index (χ3v) is 6.30. The highest BCUT2D eigenvalue weighted by atomic mass is 32.2. The van der Waals surface area contributed by atoms with E-state index in [-0.39, 0.29) is 65.7 Å². The molecule has 0 atom stereocenters. The number of benzene rings is 1.